The van der Waals surface area contributed by atoms with Gasteiger partial charge in [0.15, 0.2) is 0 Å². The number of hydrogen-bond acceptors (Lipinski definition) is 4. The Morgan fingerprint density at radius 3 is 2.78 bits per heavy atom. The molecule has 4 nitrogen and oxygen atoms in total. The Balaban J connectivity index is 2.21. The number of H-pyrrole nitrogens is 1. The predicted molar refractivity (Wildman–Crippen MR) is 72.9 cm³/mol. The third-order valence-corrected chi connectivity index (χ3v) is 3.60. The second-order valence-electron chi connectivity index (χ2n) is 4.13. The quantitative estimate of drug-likeness (QED) is 0.729. The number of fused-ring (bicyclic) bond motifs is 1. The van der Waals surface area contributed by atoms with Gasteiger partial charge >= 0.3 is 0 Å². The van der Waals surface area contributed by atoms with Gasteiger partial charge in [0.25, 0.3) is 5.56 Å². The molecule has 3 rings (SSSR count). The summed E-state index contributed by atoms with van der Waals surface area (Å²) >= 11 is 1.66. The fourth-order valence-electron chi connectivity index (χ4n) is 1.93. The zero-order valence-corrected chi connectivity index (χ0v) is 10.8. The van der Waals surface area contributed by atoms with Gasteiger partial charge in [0.1, 0.15) is 5.82 Å². The molecule has 5 heteroatoms. The van der Waals surface area contributed by atoms with Crippen LogP contribution in [0.4, 0.5) is 0 Å². The summed E-state index contributed by atoms with van der Waals surface area (Å²) in [6.45, 7) is 3.76. The molecular formula is C13H11N3OS. The van der Waals surface area contributed by atoms with Gasteiger partial charge in [0.05, 0.1) is 20.9 Å². The van der Waals surface area contributed by atoms with Crippen LogP contribution in [0, 0.1) is 13.8 Å². The van der Waals surface area contributed by atoms with Crippen molar-refractivity contribution in [3.05, 3.63) is 45.5 Å². The average Bonchev–Trinajstić information content (AvgIpc) is 2.66. The van der Waals surface area contributed by atoms with Crippen molar-refractivity contribution in [1.29, 1.82) is 0 Å². The van der Waals surface area contributed by atoms with Crippen molar-refractivity contribution in [2.45, 2.75) is 13.8 Å². The van der Waals surface area contributed by atoms with Crippen molar-refractivity contribution in [2.24, 2.45) is 0 Å². The van der Waals surface area contributed by atoms with Crippen LogP contribution in [0.1, 0.15) is 10.8 Å². The molecule has 0 aliphatic rings. The van der Waals surface area contributed by atoms with E-state index in [2.05, 4.69) is 15.0 Å². The van der Waals surface area contributed by atoms with Gasteiger partial charge in [-0.2, -0.15) is 0 Å². The fourth-order valence-corrected chi connectivity index (χ4v) is 2.74. The second-order valence-corrected chi connectivity index (χ2v) is 5.37. The van der Waals surface area contributed by atoms with Gasteiger partial charge in [0, 0.05) is 11.6 Å². The normalized spacial score (nSPS) is 11.0. The standard InChI is InChI=1S/C13H11N3OS/c1-7-14-10(6-13(17)15-7)9-3-4-12-11(5-9)16-8(2)18-12/h3-6H,1-2H3,(H,14,15,17). The molecule has 0 radical (unpaired) electrons. The first-order valence-corrected chi connectivity index (χ1v) is 6.39. The largest absolute Gasteiger partial charge is 0.311 e. The lowest BCUT2D eigenvalue weighted by Crippen LogP contribution is -2.08. The number of nitrogens with zero attached hydrogens (tertiary/aromatic N) is 2. The van der Waals surface area contributed by atoms with Crippen LogP contribution in [0.3, 0.4) is 0 Å². The summed E-state index contributed by atoms with van der Waals surface area (Å²) in [5, 5.41) is 1.04. The zero-order chi connectivity index (χ0) is 12.7. The minimum absolute atomic E-state index is 0.132. The van der Waals surface area contributed by atoms with E-state index in [1.165, 1.54) is 6.07 Å². The van der Waals surface area contributed by atoms with Crippen LogP contribution in [-0.4, -0.2) is 15.0 Å². The van der Waals surface area contributed by atoms with Crippen LogP contribution in [0.2, 0.25) is 0 Å². The number of aromatic amines is 1. The number of benzene rings is 1. The Labute approximate surface area is 107 Å². The molecule has 0 saturated heterocycles. The van der Waals surface area contributed by atoms with Gasteiger partial charge < -0.3 is 4.98 Å². The molecule has 3 aromatic rings. The fraction of sp³-hybridized carbons (Fsp3) is 0.154. The van der Waals surface area contributed by atoms with Gasteiger partial charge in [-0.15, -0.1) is 11.3 Å². The number of rotatable bonds is 1. The van der Waals surface area contributed by atoms with E-state index < -0.39 is 0 Å². The van der Waals surface area contributed by atoms with Crippen LogP contribution in [0.25, 0.3) is 21.5 Å². The topological polar surface area (TPSA) is 58.6 Å². The third kappa shape index (κ3) is 1.93. The first-order valence-electron chi connectivity index (χ1n) is 5.57. The summed E-state index contributed by atoms with van der Waals surface area (Å²) in [6.07, 6.45) is 0. The Morgan fingerprint density at radius 1 is 1.17 bits per heavy atom. The molecule has 18 heavy (non-hydrogen) atoms. The van der Waals surface area contributed by atoms with Crippen molar-refractivity contribution in [3.63, 3.8) is 0 Å². The molecule has 90 valence electrons. The van der Waals surface area contributed by atoms with E-state index in [9.17, 15) is 4.79 Å². The lowest BCUT2D eigenvalue weighted by atomic mass is 10.1. The maximum Gasteiger partial charge on any atom is 0.251 e. The first-order chi connectivity index (χ1) is 8.61. The molecule has 1 N–H and O–H groups in total. The SMILES string of the molecule is Cc1nc(-c2ccc3sc(C)nc3c2)cc(=O)[nH]1. The van der Waals surface area contributed by atoms with Gasteiger partial charge in [-0.25, -0.2) is 9.97 Å². The minimum atomic E-state index is -0.132. The van der Waals surface area contributed by atoms with Gasteiger partial charge in [-0.05, 0) is 26.0 Å². The Morgan fingerprint density at radius 2 is 2.00 bits per heavy atom. The number of hydrogen-bond donors (Lipinski definition) is 1. The highest BCUT2D eigenvalue weighted by Gasteiger charge is 2.05. The van der Waals surface area contributed by atoms with Crippen LogP contribution in [0.15, 0.2) is 29.1 Å². The van der Waals surface area contributed by atoms with E-state index in [1.54, 1.807) is 18.3 Å². The summed E-state index contributed by atoms with van der Waals surface area (Å²) in [6, 6.07) is 7.47. The number of nitrogens with one attached hydrogen (secondary N) is 1. The van der Waals surface area contributed by atoms with Crippen molar-refractivity contribution in [1.82, 2.24) is 15.0 Å². The summed E-state index contributed by atoms with van der Waals surface area (Å²) < 4.78 is 1.15. The van der Waals surface area contributed by atoms with Gasteiger partial charge in [-0.3, -0.25) is 4.79 Å². The lowest BCUT2D eigenvalue weighted by molar-refractivity contribution is 1.02. The van der Waals surface area contributed by atoms with Crippen LogP contribution in [0.5, 0.6) is 0 Å². The number of aryl methyl sites for hydroxylation is 2. The molecular weight excluding hydrogens is 246 g/mol. The molecule has 0 spiro atoms. The summed E-state index contributed by atoms with van der Waals surface area (Å²) in [5.74, 6) is 0.618. The highest BCUT2D eigenvalue weighted by Crippen LogP contribution is 2.26. The molecule has 2 heterocycles. The van der Waals surface area contributed by atoms with Gasteiger partial charge in [-0.1, -0.05) is 6.07 Å². The molecule has 1 aromatic carbocycles. The van der Waals surface area contributed by atoms with Crippen molar-refractivity contribution < 1.29 is 0 Å². The highest BCUT2D eigenvalue weighted by molar-refractivity contribution is 7.18. The van der Waals surface area contributed by atoms with E-state index in [0.717, 1.165) is 20.8 Å². The van der Waals surface area contributed by atoms with Crippen molar-refractivity contribution in [3.8, 4) is 11.3 Å². The molecule has 2 aromatic heterocycles. The van der Waals surface area contributed by atoms with Crippen LogP contribution < -0.4 is 5.56 Å². The number of aromatic nitrogens is 3. The van der Waals surface area contributed by atoms with E-state index in [-0.39, 0.29) is 5.56 Å². The predicted octanol–water partition coefficient (Wildman–Crippen LogP) is 2.66. The van der Waals surface area contributed by atoms with E-state index in [0.29, 0.717) is 11.5 Å². The van der Waals surface area contributed by atoms with Crippen LogP contribution in [-0.2, 0) is 0 Å². The monoisotopic (exact) mass is 257 g/mol. The third-order valence-electron chi connectivity index (χ3n) is 2.65. The Bertz CT molecular complexity index is 788. The van der Waals surface area contributed by atoms with E-state index in [4.69, 9.17) is 0 Å². The maximum absolute atomic E-state index is 11.4. The Hall–Kier alpha value is -2.01. The molecule has 0 aliphatic carbocycles. The molecule has 0 atom stereocenters. The molecule has 0 bridgehead atoms. The van der Waals surface area contributed by atoms with Crippen molar-refractivity contribution >= 4 is 21.6 Å². The molecule has 0 saturated carbocycles. The van der Waals surface area contributed by atoms with Crippen LogP contribution >= 0.6 is 11.3 Å². The Kier molecular flexibility index (Phi) is 2.48. The smallest absolute Gasteiger partial charge is 0.251 e. The first kappa shape index (κ1) is 11.1. The summed E-state index contributed by atoms with van der Waals surface area (Å²) in [5.41, 5.74) is 2.42. The zero-order valence-electron chi connectivity index (χ0n) is 10.0. The van der Waals surface area contributed by atoms with Crippen molar-refractivity contribution in [2.75, 3.05) is 0 Å². The highest BCUT2D eigenvalue weighted by atomic mass is 32.1. The molecule has 0 aliphatic heterocycles. The van der Waals surface area contributed by atoms with E-state index in [1.807, 2.05) is 25.1 Å². The second kappa shape index (κ2) is 4.03. The number of thiazole rings is 1. The summed E-state index contributed by atoms with van der Waals surface area (Å²) in [4.78, 5) is 22.9. The summed E-state index contributed by atoms with van der Waals surface area (Å²) in [7, 11) is 0. The molecule has 0 unspecified atom stereocenters. The average molecular weight is 257 g/mol. The lowest BCUT2D eigenvalue weighted by Gasteiger charge is -2.01. The molecule has 0 amide bonds. The van der Waals surface area contributed by atoms with E-state index >= 15 is 0 Å². The minimum Gasteiger partial charge on any atom is -0.311 e. The maximum atomic E-state index is 11.4. The van der Waals surface area contributed by atoms with Gasteiger partial charge in [0.2, 0.25) is 0 Å². The molecule has 0 fully saturated rings.